The standard InChI is InChI=1S/C24H35N3O3.HI/c1-3-25-24(27-15-12-21(13-16-27)29-18-7-17-28-2)26-14-19-30-23-11-6-9-20-8-4-5-10-22(20)23;/h4-6,8-11,21H,3,7,12-19H2,1-2H3,(H,25,26);1H. The Bertz CT molecular complexity index is 789. The average molecular weight is 541 g/mol. The quantitative estimate of drug-likeness (QED) is 0.210. The first kappa shape index (κ1) is 25.7. The maximum Gasteiger partial charge on any atom is 0.194 e. The summed E-state index contributed by atoms with van der Waals surface area (Å²) in [7, 11) is 1.73. The van der Waals surface area contributed by atoms with Crippen molar-refractivity contribution in [2.45, 2.75) is 32.3 Å². The lowest BCUT2D eigenvalue weighted by Crippen LogP contribution is -2.47. The van der Waals surface area contributed by atoms with Crippen LogP contribution in [-0.2, 0) is 9.47 Å². The van der Waals surface area contributed by atoms with Crippen molar-refractivity contribution in [1.29, 1.82) is 0 Å². The SMILES string of the molecule is CCNC(=NCCOc1cccc2ccccc12)N1CCC(OCCCOC)CC1.I. The van der Waals surface area contributed by atoms with Gasteiger partial charge in [-0.3, -0.25) is 0 Å². The number of aliphatic imine (C=N–C) groups is 1. The Kier molecular flexibility index (Phi) is 12.0. The van der Waals surface area contributed by atoms with Gasteiger partial charge in [0.05, 0.1) is 12.6 Å². The first-order valence-electron chi connectivity index (χ1n) is 11.1. The largest absolute Gasteiger partial charge is 0.491 e. The number of fused-ring (bicyclic) bond motifs is 1. The molecule has 31 heavy (non-hydrogen) atoms. The van der Waals surface area contributed by atoms with Crippen LogP contribution in [0.5, 0.6) is 5.75 Å². The van der Waals surface area contributed by atoms with Crippen molar-refractivity contribution in [3.63, 3.8) is 0 Å². The summed E-state index contributed by atoms with van der Waals surface area (Å²) in [6, 6.07) is 14.5. The lowest BCUT2D eigenvalue weighted by molar-refractivity contribution is 0.00990. The van der Waals surface area contributed by atoms with Crippen LogP contribution in [0.4, 0.5) is 0 Å². The second-order valence-electron chi connectivity index (χ2n) is 7.46. The number of methoxy groups -OCH3 is 1. The van der Waals surface area contributed by atoms with Crippen molar-refractivity contribution < 1.29 is 14.2 Å². The van der Waals surface area contributed by atoms with Gasteiger partial charge in [-0.2, -0.15) is 0 Å². The van der Waals surface area contributed by atoms with Crippen molar-refractivity contribution in [1.82, 2.24) is 10.2 Å². The molecule has 0 saturated carbocycles. The maximum atomic E-state index is 6.03. The second kappa shape index (κ2) is 14.5. The lowest BCUT2D eigenvalue weighted by atomic mass is 10.1. The lowest BCUT2D eigenvalue weighted by Gasteiger charge is -2.34. The fourth-order valence-electron chi connectivity index (χ4n) is 3.74. The molecule has 3 rings (SSSR count). The third kappa shape index (κ3) is 8.12. The topological polar surface area (TPSA) is 55.3 Å². The zero-order chi connectivity index (χ0) is 21.0. The number of benzene rings is 2. The number of hydrogen-bond acceptors (Lipinski definition) is 4. The Balaban J connectivity index is 0.00000341. The van der Waals surface area contributed by atoms with Crippen molar-refractivity contribution in [3.8, 4) is 5.75 Å². The van der Waals surface area contributed by atoms with E-state index in [1.165, 1.54) is 5.39 Å². The van der Waals surface area contributed by atoms with E-state index in [9.17, 15) is 0 Å². The molecule has 0 unspecified atom stereocenters. The van der Waals surface area contributed by atoms with E-state index in [0.29, 0.717) is 19.3 Å². The van der Waals surface area contributed by atoms with Gasteiger partial charge < -0.3 is 24.4 Å². The number of nitrogens with zero attached hydrogens (tertiary/aromatic N) is 2. The first-order valence-corrected chi connectivity index (χ1v) is 11.1. The van der Waals surface area contributed by atoms with Crippen LogP contribution >= 0.6 is 24.0 Å². The van der Waals surface area contributed by atoms with Gasteiger partial charge in [0.2, 0.25) is 0 Å². The van der Waals surface area contributed by atoms with Crippen LogP contribution in [0.25, 0.3) is 10.8 Å². The van der Waals surface area contributed by atoms with Crippen LogP contribution < -0.4 is 10.1 Å². The number of rotatable bonds is 10. The Hall–Kier alpha value is -1.58. The number of hydrogen-bond donors (Lipinski definition) is 1. The molecule has 1 aliphatic rings. The van der Waals surface area contributed by atoms with Gasteiger partial charge in [-0.15, -0.1) is 24.0 Å². The Morgan fingerprint density at radius 2 is 1.84 bits per heavy atom. The van der Waals surface area contributed by atoms with Crippen LogP contribution in [0.3, 0.4) is 0 Å². The molecule has 1 saturated heterocycles. The monoisotopic (exact) mass is 541 g/mol. The fourth-order valence-corrected chi connectivity index (χ4v) is 3.74. The molecule has 0 spiro atoms. The molecule has 0 bridgehead atoms. The average Bonchev–Trinajstić information content (AvgIpc) is 2.79. The molecular formula is C24H36IN3O3. The molecule has 2 aromatic rings. The summed E-state index contributed by atoms with van der Waals surface area (Å²) in [5.74, 6) is 1.89. The number of likely N-dealkylation sites (tertiary alicyclic amines) is 1. The zero-order valence-corrected chi connectivity index (χ0v) is 21.0. The third-order valence-electron chi connectivity index (χ3n) is 5.28. The van der Waals surface area contributed by atoms with Crippen LogP contribution in [0.1, 0.15) is 26.2 Å². The highest BCUT2D eigenvalue weighted by Gasteiger charge is 2.21. The van der Waals surface area contributed by atoms with Crippen molar-refractivity contribution in [2.75, 3.05) is 53.1 Å². The van der Waals surface area contributed by atoms with E-state index in [1.54, 1.807) is 7.11 Å². The Morgan fingerprint density at radius 1 is 1.06 bits per heavy atom. The molecule has 0 aliphatic carbocycles. The predicted octanol–water partition coefficient (Wildman–Crippen LogP) is 4.32. The highest BCUT2D eigenvalue weighted by atomic mass is 127. The van der Waals surface area contributed by atoms with E-state index in [-0.39, 0.29) is 24.0 Å². The van der Waals surface area contributed by atoms with Gasteiger partial charge in [0, 0.05) is 45.3 Å². The summed E-state index contributed by atoms with van der Waals surface area (Å²) in [5, 5.41) is 5.75. The van der Waals surface area contributed by atoms with Gasteiger partial charge >= 0.3 is 0 Å². The van der Waals surface area contributed by atoms with Crippen LogP contribution in [0.2, 0.25) is 0 Å². The van der Waals surface area contributed by atoms with Gasteiger partial charge in [-0.25, -0.2) is 4.99 Å². The maximum absolute atomic E-state index is 6.03. The summed E-state index contributed by atoms with van der Waals surface area (Å²) in [5.41, 5.74) is 0. The molecule has 1 fully saturated rings. The molecule has 0 radical (unpaired) electrons. The van der Waals surface area contributed by atoms with Crippen LogP contribution in [-0.4, -0.2) is 70.1 Å². The number of ether oxygens (including phenoxy) is 3. The van der Waals surface area contributed by atoms with Gasteiger partial charge in [0.1, 0.15) is 12.4 Å². The number of guanidine groups is 1. The summed E-state index contributed by atoms with van der Waals surface area (Å²) >= 11 is 0. The zero-order valence-electron chi connectivity index (χ0n) is 18.7. The molecule has 0 amide bonds. The minimum absolute atomic E-state index is 0. The number of nitrogens with one attached hydrogen (secondary N) is 1. The third-order valence-corrected chi connectivity index (χ3v) is 5.28. The molecular weight excluding hydrogens is 505 g/mol. The highest BCUT2D eigenvalue weighted by molar-refractivity contribution is 14.0. The van der Waals surface area contributed by atoms with E-state index < -0.39 is 0 Å². The molecule has 1 aliphatic heterocycles. The molecule has 6 nitrogen and oxygen atoms in total. The summed E-state index contributed by atoms with van der Waals surface area (Å²) in [6.45, 7) is 7.61. The number of halogens is 1. The summed E-state index contributed by atoms with van der Waals surface area (Å²) < 4.78 is 17.1. The van der Waals surface area contributed by atoms with Gasteiger partial charge in [0.15, 0.2) is 5.96 Å². The van der Waals surface area contributed by atoms with E-state index in [1.807, 2.05) is 24.3 Å². The van der Waals surface area contributed by atoms with E-state index in [4.69, 9.17) is 19.2 Å². The van der Waals surface area contributed by atoms with E-state index in [0.717, 1.165) is 69.2 Å². The molecule has 2 aromatic carbocycles. The van der Waals surface area contributed by atoms with Crippen molar-refractivity contribution >= 4 is 40.7 Å². The molecule has 172 valence electrons. The highest BCUT2D eigenvalue weighted by Crippen LogP contribution is 2.25. The molecule has 0 atom stereocenters. The molecule has 0 aromatic heterocycles. The van der Waals surface area contributed by atoms with E-state index in [2.05, 4.69) is 35.3 Å². The fraction of sp³-hybridized carbons (Fsp3) is 0.542. The van der Waals surface area contributed by atoms with Gasteiger partial charge in [0.25, 0.3) is 0 Å². The first-order chi connectivity index (χ1) is 14.8. The summed E-state index contributed by atoms with van der Waals surface area (Å²) in [4.78, 5) is 7.12. The molecule has 1 N–H and O–H groups in total. The molecule has 7 heteroatoms. The normalized spacial score (nSPS) is 15.0. The smallest absolute Gasteiger partial charge is 0.194 e. The minimum Gasteiger partial charge on any atom is -0.491 e. The van der Waals surface area contributed by atoms with Crippen LogP contribution in [0.15, 0.2) is 47.5 Å². The molecule has 1 heterocycles. The second-order valence-corrected chi connectivity index (χ2v) is 7.46. The Morgan fingerprint density at radius 3 is 2.61 bits per heavy atom. The predicted molar refractivity (Wildman–Crippen MR) is 138 cm³/mol. The van der Waals surface area contributed by atoms with Crippen molar-refractivity contribution in [2.24, 2.45) is 4.99 Å². The Labute approximate surface area is 203 Å². The summed E-state index contributed by atoms with van der Waals surface area (Å²) in [6.07, 6.45) is 3.36. The van der Waals surface area contributed by atoms with Gasteiger partial charge in [-0.05, 0) is 37.6 Å². The van der Waals surface area contributed by atoms with Crippen LogP contribution in [0, 0.1) is 0 Å². The van der Waals surface area contributed by atoms with Gasteiger partial charge in [-0.1, -0.05) is 36.4 Å². The minimum atomic E-state index is 0. The van der Waals surface area contributed by atoms with Crippen molar-refractivity contribution in [3.05, 3.63) is 42.5 Å². The number of piperidine rings is 1. The van der Waals surface area contributed by atoms with E-state index >= 15 is 0 Å².